The fourth-order valence-electron chi connectivity index (χ4n) is 3.35. The first kappa shape index (κ1) is 23.8. The number of nitrogens with one attached hydrogen (secondary N) is 1. The topological polar surface area (TPSA) is 177 Å². The Balaban J connectivity index is 1.53. The number of fused-ring (bicyclic) bond motifs is 1. The largest absolute Gasteiger partial charge is 0.477 e. The molecule has 0 radical (unpaired) electrons. The number of carbonyl (C=O) groups excluding carboxylic acids is 2. The normalized spacial score (nSPS) is 20.0. The molecule has 13 nitrogen and oxygen atoms in total. The average Bonchev–Trinajstić information content (AvgIpc) is 3.23. The van der Waals surface area contributed by atoms with Gasteiger partial charge in [-0.25, -0.2) is 4.79 Å². The number of halogens is 1. The van der Waals surface area contributed by atoms with Crippen LogP contribution in [-0.4, -0.2) is 71.7 Å². The van der Waals surface area contributed by atoms with Crippen molar-refractivity contribution in [2.75, 3.05) is 18.1 Å². The van der Waals surface area contributed by atoms with Crippen LogP contribution in [0.3, 0.4) is 0 Å². The van der Waals surface area contributed by atoms with Gasteiger partial charge in [-0.1, -0.05) is 21.4 Å². The first-order valence-electron chi connectivity index (χ1n) is 9.82. The predicted octanol–water partition coefficient (Wildman–Crippen LogP) is -0.364. The maximum atomic E-state index is 12.9. The molecule has 16 heteroatoms. The number of amides is 2. The second kappa shape index (κ2) is 9.90. The van der Waals surface area contributed by atoms with E-state index in [2.05, 4.69) is 24.9 Å². The number of nitrogens with zero attached hydrogens (tertiary/aromatic N) is 6. The van der Waals surface area contributed by atoms with Crippen LogP contribution in [0.25, 0.3) is 0 Å². The van der Waals surface area contributed by atoms with Gasteiger partial charge in [-0.3, -0.25) is 14.5 Å². The highest BCUT2D eigenvalue weighted by Gasteiger charge is 2.55. The SMILES string of the molecule is CCON=C(C(=O)NC1C(=O)N2C(C(=O)O)=C(C[n+]3cccc(Cl)n3)CS[C@H]12)c1nsc(N)n1. The van der Waals surface area contributed by atoms with E-state index in [9.17, 15) is 19.5 Å². The molecule has 2 aliphatic rings. The Morgan fingerprint density at radius 2 is 2.29 bits per heavy atom. The van der Waals surface area contributed by atoms with Gasteiger partial charge in [0.05, 0.1) is 0 Å². The number of thioether (sulfide) groups is 1. The Labute approximate surface area is 205 Å². The number of β-lactam (4-membered cyclic amide) rings is 1. The van der Waals surface area contributed by atoms with Gasteiger partial charge in [-0.15, -0.1) is 11.8 Å². The molecule has 1 unspecified atom stereocenters. The van der Waals surface area contributed by atoms with Gasteiger partial charge >= 0.3 is 5.97 Å². The summed E-state index contributed by atoms with van der Waals surface area (Å²) in [5.41, 5.74) is 5.72. The number of aliphatic carboxylic acids is 1. The van der Waals surface area contributed by atoms with E-state index in [-0.39, 0.29) is 40.7 Å². The minimum absolute atomic E-state index is 0.0344. The van der Waals surface area contributed by atoms with E-state index in [1.807, 2.05) is 0 Å². The molecule has 34 heavy (non-hydrogen) atoms. The van der Waals surface area contributed by atoms with E-state index in [0.29, 0.717) is 11.3 Å². The van der Waals surface area contributed by atoms with E-state index in [1.165, 1.54) is 21.3 Å². The molecule has 2 aliphatic heterocycles. The van der Waals surface area contributed by atoms with E-state index < -0.39 is 29.2 Å². The molecule has 4 N–H and O–H groups in total. The van der Waals surface area contributed by atoms with E-state index in [4.69, 9.17) is 22.2 Å². The molecule has 0 bridgehead atoms. The smallest absolute Gasteiger partial charge is 0.352 e. The number of carboxylic acids is 1. The van der Waals surface area contributed by atoms with Crippen molar-refractivity contribution in [1.29, 1.82) is 0 Å². The summed E-state index contributed by atoms with van der Waals surface area (Å²) in [5.74, 6) is -2.27. The third-order valence-electron chi connectivity index (χ3n) is 4.76. The van der Waals surface area contributed by atoms with Gasteiger partial charge in [-0.2, -0.15) is 9.36 Å². The van der Waals surface area contributed by atoms with E-state index in [1.54, 1.807) is 25.3 Å². The lowest BCUT2D eigenvalue weighted by Gasteiger charge is -2.49. The van der Waals surface area contributed by atoms with Crippen LogP contribution >= 0.6 is 34.9 Å². The van der Waals surface area contributed by atoms with Crippen molar-refractivity contribution in [2.45, 2.75) is 24.9 Å². The van der Waals surface area contributed by atoms with Crippen molar-refractivity contribution in [3.63, 3.8) is 0 Å². The predicted molar refractivity (Wildman–Crippen MR) is 122 cm³/mol. The zero-order valence-corrected chi connectivity index (χ0v) is 19.9. The van der Waals surface area contributed by atoms with Crippen LogP contribution in [-0.2, 0) is 25.8 Å². The van der Waals surface area contributed by atoms with Crippen molar-refractivity contribution in [3.8, 4) is 0 Å². The number of nitrogen functional groups attached to an aromatic ring is 1. The lowest BCUT2D eigenvalue weighted by molar-refractivity contribution is -0.746. The van der Waals surface area contributed by atoms with E-state index >= 15 is 0 Å². The van der Waals surface area contributed by atoms with Crippen LogP contribution in [0, 0.1) is 0 Å². The molecule has 4 heterocycles. The Hall–Kier alpha value is -3.30. The quantitative estimate of drug-likeness (QED) is 0.178. The Kier molecular flexibility index (Phi) is 6.95. The fraction of sp³-hybridized carbons (Fsp3) is 0.333. The van der Waals surface area contributed by atoms with Crippen molar-refractivity contribution in [1.82, 2.24) is 24.7 Å². The van der Waals surface area contributed by atoms with Crippen LogP contribution in [0.2, 0.25) is 5.15 Å². The third kappa shape index (κ3) is 4.67. The van der Waals surface area contributed by atoms with Crippen LogP contribution in [0.4, 0.5) is 5.13 Å². The Morgan fingerprint density at radius 1 is 1.50 bits per heavy atom. The number of carboxylic acid groups (broad SMARTS) is 1. The summed E-state index contributed by atoms with van der Waals surface area (Å²) in [6.07, 6.45) is 1.65. The molecule has 2 aromatic rings. The summed E-state index contributed by atoms with van der Waals surface area (Å²) in [6, 6.07) is 2.32. The zero-order chi connectivity index (χ0) is 24.4. The minimum atomic E-state index is -1.25. The first-order valence-corrected chi connectivity index (χ1v) is 12.0. The molecule has 0 saturated carbocycles. The lowest BCUT2D eigenvalue weighted by Crippen LogP contribution is -2.71. The van der Waals surface area contributed by atoms with Crippen molar-refractivity contribution < 1.29 is 29.0 Å². The monoisotopic (exact) mass is 525 g/mol. The molecular weight excluding hydrogens is 508 g/mol. The van der Waals surface area contributed by atoms with Gasteiger partial charge in [-0.05, 0) is 13.0 Å². The average molecular weight is 526 g/mol. The summed E-state index contributed by atoms with van der Waals surface area (Å²) in [5, 5.41) is 20.0. The van der Waals surface area contributed by atoms with Gasteiger partial charge in [0.1, 0.15) is 23.7 Å². The van der Waals surface area contributed by atoms with E-state index in [0.717, 1.165) is 11.5 Å². The van der Waals surface area contributed by atoms with Gasteiger partial charge in [0.2, 0.25) is 11.5 Å². The summed E-state index contributed by atoms with van der Waals surface area (Å²) < 4.78 is 5.46. The molecule has 0 aliphatic carbocycles. The van der Waals surface area contributed by atoms with Crippen molar-refractivity contribution >= 4 is 63.5 Å². The Morgan fingerprint density at radius 3 is 2.94 bits per heavy atom. The van der Waals surface area contributed by atoms with Crippen LogP contribution in [0.5, 0.6) is 0 Å². The minimum Gasteiger partial charge on any atom is -0.477 e. The maximum absolute atomic E-state index is 12.9. The second-order valence-electron chi connectivity index (χ2n) is 6.96. The number of oxime groups is 1. The van der Waals surface area contributed by atoms with Crippen LogP contribution in [0.1, 0.15) is 12.7 Å². The standard InChI is InChI=1S/C18H17ClN8O5S2/c1-2-32-24-10(13-22-18(20)34-25-13)14(28)21-11-15(29)27-12(17(30)31)8(7-33-16(11)27)6-26-5-3-4-9(19)23-26/h3-5,11,16H,2,6-7H2,1H3,(H3-,20,21,22,25,28,30,31)/p+1/t11?,16-/m1/s1. The highest BCUT2D eigenvalue weighted by Crippen LogP contribution is 2.40. The molecular formula is C18H18ClN8O5S2+. The van der Waals surface area contributed by atoms with Gasteiger partial charge in [0.25, 0.3) is 11.8 Å². The van der Waals surface area contributed by atoms with Gasteiger partial charge in [0.15, 0.2) is 23.0 Å². The summed E-state index contributed by atoms with van der Waals surface area (Å²) in [7, 11) is 0. The fourth-order valence-corrected chi connectivity index (χ4v) is 5.29. The maximum Gasteiger partial charge on any atom is 0.352 e. The second-order valence-corrected chi connectivity index (χ2v) is 9.24. The highest BCUT2D eigenvalue weighted by molar-refractivity contribution is 8.00. The van der Waals surface area contributed by atoms with Gasteiger partial charge in [0, 0.05) is 34.0 Å². The van der Waals surface area contributed by atoms with Crippen LogP contribution < -0.4 is 15.7 Å². The number of nitrogens with two attached hydrogens (primary N) is 1. The third-order valence-corrected chi connectivity index (χ3v) is 6.84. The number of carbonyl (C=O) groups is 3. The number of anilines is 1. The summed E-state index contributed by atoms with van der Waals surface area (Å²) in [4.78, 5) is 47.9. The lowest BCUT2D eigenvalue weighted by atomic mass is 10.0. The molecule has 2 aromatic heterocycles. The number of hydrogen-bond donors (Lipinski definition) is 3. The number of aromatic nitrogens is 4. The van der Waals surface area contributed by atoms with Crippen molar-refractivity contribution in [3.05, 3.63) is 40.6 Å². The summed E-state index contributed by atoms with van der Waals surface area (Å²) >= 11 is 8.11. The molecule has 1 saturated heterocycles. The number of hydrogen-bond acceptors (Lipinski definition) is 11. The zero-order valence-electron chi connectivity index (χ0n) is 17.5. The molecule has 0 aromatic carbocycles. The van der Waals surface area contributed by atoms with Gasteiger partial charge < -0.3 is 21.0 Å². The molecule has 2 amide bonds. The number of rotatable bonds is 8. The molecule has 178 valence electrons. The first-order chi connectivity index (χ1) is 16.3. The Bertz CT molecular complexity index is 1220. The highest BCUT2D eigenvalue weighted by atomic mass is 35.5. The molecule has 0 spiro atoms. The summed E-state index contributed by atoms with van der Waals surface area (Å²) in [6.45, 7) is 2.02. The van der Waals surface area contributed by atoms with Crippen molar-refractivity contribution in [2.24, 2.45) is 5.16 Å². The molecule has 2 atom stereocenters. The molecule has 4 rings (SSSR count). The molecule has 1 fully saturated rings. The van der Waals surface area contributed by atoms with Crippen LogP contribution in [0.15, 0.2) is 34.8 Å².